The van der Waals surface area contributed by atoms with E-state index in [9.17, 15) is 8.42 Å². The summed E-state index contributed by atoms with van der Waals surface area (Å²) < 4.78 is 26.7. The first-order valence-electron chi connectivity index (χ1n) is 6.17. The van der Waals surface area contributed by atoms with Gasteiger partial charge in [0.15, 0.2) is 0 Å². The molecule has 19 heavy (non-hydrogen) atoms. The van der Waals surface area contributed by atoms with Crippen LogP contribution in [0.2, 0.25) is 10.2 Å². The molecule has 1 aromatic heterocycles. The van der Waals surface area contributed by atoms with E-state index < -0.39 is 10.0 Å². The van der Waals surface area contributed by atoms with Crippen LogP contribution >= 0.6 is 23.2 Å². The summed E-state index contributed by atoms with van der Waals surface area (Å²) in [6.07, 6.45) is 3.18. The van der Waals surface area contributed by atoms with Gasteiger partial charge in [0.2, 0.25) is 10.0 Å². The summed E-state index contributed by atoms with van der Waals surface area (Å²) in [5.74, 6) is 0.347. The van der Waals surface area contributed by atoms with E-state index in [1.165, 1.54) is 16.6 Å². The van der Waals surface area contributed by atoms with Crippen LogP contribution in [-0.4, -0.2) is 30.3 Å². The zero-order chi connectivity index (χ0) is 14.2. The molecule has 2 atom stereocenters. The molecule has 0 N–H and O–H groups in total. The molecule has 1 aromatic rings. The van der Waals surface area contributed by atoms with Crippen molar-refractivity contribution in [3.63, 3.8) is 0 Å². The number of piperidine rings is 1. The van der Waals surface area contributed by atoms with E-state index in [4.69, 9.17) is 23.2 Å². The maximum atomic E-state index is 12.6. The fraction of sp³-hybridized carbons (Fsp3) is 0.583. The molecule has 0 aliphatic carbocycles. The smallest absolute Gasteiger partial charge is 0.242 e. The third-order valence-electron chi connectivity index (χ3n) is 3.69. The second-order valence-corrected chi connectivity index (χ2v) is 7.58. The molecule has 0 saturated carbocycles. The van der Waals surface area contributed by atoms with E-state index in [0.29, 0.717) is 12.5 Å². The van der Waals surface area contributed by atoms with Crippen molar-refractivity contribution in [2.24, 2.45) is 5.92 Å². The minimum atomic E-state index is -3.56. The number of pyridine rings is 1. The van der Waals surface area contributed by atoms with Crippen LogP contribution in [0.5, 0.6) is 0 Å². The fourth-order valence-corrected chi connectivity index (χ4v) is 4.39. The molecule has 1 aliphatic heterocycles. The first-order chi connectivity index (χ1) is 8.84. The largest absolute Gasteiger partial charge is 0.244 e. The van der Waals surface area contributed by atoms with Crippen LogP contribution in [0.1, 0.15) is 26.7 Å². The molecular weight excluding hydrogens is 307 g/mol. The van der Waals surface area contributed by atoms with E-state index in [2.05, 4.69) is 11.9 Å². The van der Waals surface area contributed by atoms with Gasteiger partial charge in [0.05, 0.1) is 5.02 Å². The third kappa shape index (κ3) is 2.89. The van der Waals surface area contributed by atoms with Crippen LogP contribution in [0.3, 0.4) is 0 Å². The van der Waals surface area contributed by atoms with E-state index in [0.717, 1.165) is 12.8 Å². The van der Waals surface area contributed by atoms with E-state index in [1.807, 2.05) is 6.92 Å². The van der Waals surface area contributed by atoms with Gasteiger partial charge < -0.3 is 0 Å². The summed E-state index contributed by atoms with van der Waals surface area (Å²) in [4.78, 5) is 3.91. The first-order valence-corrected chi connectivity index (χ1v) is 8.36. The highest BCUT2D eigenvalue weighted by atomic mass is 35.5. The summed E-state index contributed by atoms with van der Waals surface area (Å²) >= 11 is 11.6. The molecule has 0 aromatic carbocycles. The van der Waals surface area contributed by atoms with E-state index in [-0.39, 0.29) is 21.1 Å². The molecule has 2 unspecified atom stereocenters. The third-order valence-corrected chi connectivity index (χ3v) is 6.33. The molecular formula is C12H16Cl2N2O2S. The van der Waals surface area contributed by atoms with Gasteiger partial charge in [0.1, 0.15) is 10.0 Å². The van der Waals surface area contributed by atoms with Gasteiger partial charge in [-0.2, -0.15) is 4.31 Å². The molecule has 0 spiro atoms. The van der Waals surface area contributed by atoms with E-state index >= 15 is 0 Å². The molecule has 1 saturated heterocycles. The maximum Gasteiger partial charge on any atom is 0.244 e. The van der Waals surface area contributed by atoms with Crippen molar-refractivity contribution in [1.82, 2.24) is 9.29 Å². The van der Waals surface area contributed by atoms with Crippen LogP contribution < -0.4 is 0 Å². The summed E-state index contributed by atoms with van der Waals surface area (Å²) in [7, 11) is -3.56. The van der Waals surface area contributed by atoms with Gasteiger partial charge >= 0.3 is 0 Å². The Morgan fingerprint density at radius 1 is 1.37 bits per heavy atom. The number of halogens is 2. The van der Waals surface area contributed by atoms with E-state index in [1.54, 1.807) is 0 Å². The van der Waals surface area contributed by atoms with Crippen molar-refractivity contribution in [3.8, 4) is 0 Å². The van der Waals surface area contributed by atoms with Crippen LogP contribution in [0.15, 0.2) is 17.2 Å². The highest BCUT2D eigenvalue weighted by Crippen LogP contribution is 2.30. The quantitative estimate of drug-likeness (QED) is 0.785. The lowest BCUT2D eigenvalue weighted by Crippen LogP contribution is -2.45. The topological polar surface area (TPSA) is 50.3 Å². The molecule has 0 bridgehead atoms. The number of hydrogen-bond acceptors (Lipinski definition) is 3. The predicted molar refractivity (Wildman–Crippen MR) is 76.0 cm³/mol. The van der Waals surface area contributed by atoms with Crippen LogP contribution in [0.4, 0.5) is 0 Å². The van der Waals surface area contributed by atoms with Crippen LogP contribution in [-0.2, 0) is 10.0 Å². The van der Waals surface area contributed by atoms with Gasteiger partial charge in [-0.25, -0.2) is 13.4 Å². The molecule has 106 valence electrons. The van der Waals surface area contributed by atoms with Crippen molar-refractivity contribution in [3.05, 3.63) is 22.4 Å². The van der Waals surface area contributed by atoms with Crippen molar-refractivity contribution >= 4 is 33.2 Å². The highest BCUT2D eigenvalue weighted by molar-refractivity contribution is 7.89. The van der Waals surface area contributed by atoms with Gasteiger partial charge in [-0.1, -0.05) is 30.1 Å². The predicted octanol–water partition coefficient (Wildman–Crippen LogP) is 3.20. The molecule has 4 nitrogen and oxygen atoms in total. The fourth-order valence-electron chi connectivity index (χ4n) is 2.32. The standard InChI is InChI=1S/C12H16Cl2N2O2S/c1-8-4-3-5-16(9(8)2)19(17,18)10-6-11(13)12(14)15-7-10/h6-9H,3-5H2,1-2H3. The molecule has 1 aliphatic rings. The molecule has 2 rings (SSSR count). The van der Waals surface area contributed by atoms with Crippen LogP contribution in [0.25, 0.3) is 0 Å². The average molecular weight is 323 g/mol. The second kappa shape index (κ2) is 5.56. The Bertz CT molecular complexity index is 577. The lowest BCUT2D eigenvalue weighted by Gasteiger charge is -2.36. The average Bonchev–Trinajstić information content (AvgIpc) is 2.35. The summed E-state index contributed by atoms with van der Waals surface area (Å²) in [5, 5.41) is 0.265. The summed E-state index contributed by atoms with van der Waals surface area (Å²) in [6.45, 7) is 4.54. The van der Waals surface area contributed by atoms with Crippen molar-refractivity contribution < 1.29 is 8.42 Å². The lowest BCUT2D eigenvalue weighted by atomic mass is 9.94. The summed E-state index contributed by atoms with van der Waals surface area (Å²) in [6, 6.07) is 1.34. The van der Waals surface area contributed by atoms with Crippen molar-refractivity contribution in [1.29, 1.82) is 0 Å². The Kier molecular flexibility index (Phi) is 4.40. The number of sulfonamides is 1. The lowest BCUT2D eigenvalue weighted by molar-refractivity contribution is 0.202. The van der Waals surface area contributed by atoms with Gasteiger partial charge in [-0.3, -0.25) is 0 Å². The van der Waals surface area contributed by atoms with Crippen molar-refractivity contribution in [2.75, 3.05) is 6.54 Å². The van der Waals surface area contributed by atoms with Crippen molar-refractivity contribution in [2.45, 2.75) is 37.6 Å². The normalized spacial score (nSPS) is 25.5. The van der Waals surface area contributed by atoms with Gasteiger partial charge in [0.25, 0.3) is 0 Å². The van der Waals surface area contributed by atoms with Gasteiger partial charge in [-0.15, -0.1) is 0 Å². The Hall–Kier alpha value is -0.360. The van der Waals surface area contributed by atoms with Crippen LogP contribution in [0, 0.1) is 5.92 Å². The SMILES string of the molecule is CC1CCCN(S(=O)(=O)c2cnc(Cl)c(Cl)c2)C1C. The Morgan fingerprint density at radius 3 is 2.68 bits per heavy atom. The molecule has 0 radical (unpaired) electrons. The Morgan fingerprint density at radius 2 is 2.05 bits per heavy atom. The molecule has 0 amide bonds. The molecule has 2 heterocycles. The highest BCUT2D eigenvalue weighted by Gasteiger charge is 2.34. The zero-order valence-electron chi connectivity index (χ0n) is 10.8. The second-order valence-electron chi connectivity index (χ2n) is 4.92. The number of aromatic nitrogens is 1. The molecule has 1 fully saturated rings. The number of rotatable bonds is 2. The monoisotopic (exact) mass is 322 g/mol. The summed E-state index contributed by atoms with van der Waals surface area (Å²) in [5.41, 5.74) is 0. The minimum absolute atomic E-state index is 0.0202. The van der Waals surface area contributed by atoms with Gasteiger partial charge in [-0.05, 0) is 31.7 Å². The number of nitrogens with zero attached hydrogens (tertiary/aromatic N) is 2. The maximum absolute atomic E-state index is 12.6. The number of hydrogen-bond donors (Lipinski definition) is 0. The first kappa shape index (κ1) is 15.0. The zero-order valence-corrected chi connectivity index (χ0v) is 13.1. The van der Waals surface area contributed by atoms with Gasteiger partial charge in [0, 0.05) is 18.8 Å². The Balaban J connectivity index is 2.38. The Labute approximate surface area is 123 Å². The molecule has 7 heteroatoms. The minimum Gasteiger partial charge on any atom is -0.242 e.